The highest BCUT2D eigenvalue weighted by molar-refractivity contribution is 7.99. The number of nitrogens with one attached hydrogen (secondary N) is 1. The van der Waals surface area contributed by atoms with E-state index in [9.17, 15) is 0 Å². The summed E-state index contributed by atoms with van der Waals surface area (Å²) in [5, 5.41) is 4.29. The molecule has 1 aliphatic heterocycles. The molecule has 0 spiro atoms. The summed E-state index contributed by atoms with van der Waals surface area (Å²) < 4.78 is 14.4. The van der Waals surface area contributed by atoms with E-state index < -0.39 is 0 Å². The second-order valence-electron chi connectivity index (χ2n) is 8.52. The van der Waals surface area contributed by atoms with Crippen LogP contribution in [0.15, 0.2) is 46.7 Å². The molecule has 3 aromatic heterocycles. The summed E-state index contributed by atoms with van der Waals surface area (Å²) in [5.74, 6) is 1.90. The number of anilines is 1. The number of nitrogens with zero attached hydrogens (tertiary/aromatic N) is 4. The summed E-state index contributed by atoms with van der Waals surface area (Å²) in [6.07, 6.45) is 2.37. The second-order valence-corrected chi connectivity index (χ2v) is 10.9. The largest absolute Gasteiger partial charge is 0.485 e. The molecule has 34 heavy (non-hydrogen) atoms. The van der Waals surface area contributed by atoms with Crippen LogP contribution in [0.3, 0.4) is 0 Å². The minimum atomic E-state index is -0.0742. The highest BCUT2D eigenvalue weighted by Crippen LogP contribution is 2.41. The Bertz CT molecular complexity index is 1300. The monoisotopic (exact) mass is 496 g/mol. The van der Waals surface area contributed by atoms with Crippen molar-refractivity contribution in [2.45, 2.75) is 55.9 Å². The fraction of sp³-hybridized carbons (Fsp3) is 0.375. The van der Waals surface area contributed by atoms with Crippen LogP contribution in [0.2, 0.25) is 0 Å². The summed E-state index contributed by atoms with van der Waals surface area (Å²) in [6.45, 7) is 8.58. The van der Waals surface area contributed by atoms with Gasteiger partial charge in [-0.1, -0.05) is 25.6 Å². The molecule has 5 rings (SSSR count). The molecule has 0 aliphatic carbocycles. The number of fused-ring (bicyclic) bond motifs is 2. The predicted molar refractivity (Wildman–Crippen MR) is 136 cm³/mol. The van der Waals surface area contributed by atoms with Crippen LogP contribution < -0.4 is 20.5 Å². The second kappa shape index (κ2) is 9.81. The number of nitrogens with two attached hydrogens (primary N) is 1. The third kappa shape index (κ3) is 4.84. The molecule has 0 radical (unpaired) electrons. The number of hydrogen-bond acceptors (Lipinski definition) is 9. The molecule has 0 saturated heterocycles. The summed E-state index contributed by atoms with van der Waals surface area (Å²) >= 11 is 3.30. The van der Waals surface area contributed by atoms with Crippen LogP contribution in [0.25, 0.3) is 11.2 Å². The van der Waals surface area contributed by atoms with E-state index in [2.05, 4.69) is 52.8 Å². The molecule has 0 amide bonds. The summed E-state index contributed by atoms with van der Waals surface area (Å²) in [6, 6.07) is 10.7. The van der Waals surface area contributed by atoms with E-state index >= 15 is 0 Å². The van der Waals surface area contributed by atoms with Gasteiger partial charge in [-0.3, -0.25) is 0 Å². The molecular formula is C24H28N6O2S2. The molecule has 1 aromatic carbocycles. The first kappa shape index (κ1) is 22.9. The Labute approximate surface area is 206 Å². The first-order valence-electron chi connectivity index (χ1n) is 11.4. The molecule has 0 saturated carbocycles. The fourth-order valence-electron chi connectivity index (χ4n) is 3.83. The molecule has 0 bridgehead atoms. The standard InChI is InChI=1S/C24H28N6O2S2/c1-14(2)26-9-4-10-30-23-21(22(25)27-13-28-23)29-24(30)34-16-6-7-17-18(11-16)31-12-19(32-17)20-8-5-15(3)33-20/h5-8,11,13-14,19,26H,4,9-10,12H2,1-3H3,(H2,25,27,28). The lowest BCUT2D eigenvalue weighted by molar-refractivity contribution is 0.0934. The first-order valence-corrected chi connectivity index (χ1v) is 13.0. The van der Waals surface area contributed by atoms with Crippen molar-refractivity contribution in [1.29, 1.82) is 0 Å². The molecular weight excluding hydrogens is 468 g/mol. The molecule has 0 fully saturated rings. The Kier molecular flexibility index (Phi) is 6.62. The Hall–Kier alpha value is -2.82. The van der Waals surface area contributed by atoms with E-state index in [1.807, 2.05) is 18.2 Å². The third-order valence-corrected chi connectivity index (χ3v) is 7.58. The number of rotatable bonds is 8. The van der Waals surface area contributed by atoms with Gasteiger partial charge in [0.2, 0.25) is 0 Å². The van der Waals surface area contributed by atoms with Crippen molar-refractivity contribution in [2.24, 2.45) is 0 Å². The van der Waals surface area contributed by atoms with Crippen LogP contribution in [-0.4, -0.2) is 38.7 Å². The normalized spacial score (nSPS) is 15.4. The Morgan fingerprint density at radius 1 is 1.24 bits per heavy atom. The number of nitrogen functional groups attached to an aromatic ring is 1. The van der Waals surface area contributed by atoms with Crippen molar-refractivity contribution < 1.29 is 9.47 Å². The zero-order chi connectivity index (χ0) is 23.7. The molecule has 178 valence electrons. The molecule has 3 N–H and O–H groups in total. The van der Waals surface area contributed by atoms with Crippen LogP contribution in [0.1, 0.15) is 36.1 Å². The van der Waals surface area contributed by atoms with Crippen molar-refractivity contribution in [1.82, 2.24) is 24.8 Å². The summed E-state index contributed by atoms with van der Waals surface area (Å²) in [5.41, 5.74) is 7.48. The SMILES string of the molecule is Cc1ccc(C2COc3cc(Sc4nc5c(N)ncnc5n4CCCNC(C)C)ccc3O2)s1. The van der Waals surface area contributed by atoms with Gasteiger partial charge in [0.25, 0.3) is 0 Å². The van der Waals surface area contributed by atoms with Crippen molar-refractivity contribution >= 4 is 40.1 Å². The van der Waals surface area contributed by atoms with Crippen LogP contribution >= 0.6 is 23.1 Å². The number of hydrogen-bond donors (Lipinski definition) is 2. The minimum Gasteiger partial charge on any atom is -0.485 e. The Morgan fingerprint density at radius 2 is 2.12 bits per heavy atom. The molecule has 1 atom stereocenters. The smallest absolute Gasteiger partial charge is 0.175 e. The van der Waals surface area contributed by atoms with Crippen molar-refractivity contribution in [3.8, 4) is 11.5 Å². The predicted octanol–water partition coefficient (Wildman–Crippen LogP) is 4.83. The highest BCUT2D eigenvalue weighted by atomic mass is 32.2. The van der Waals surface area contributed by atoms with Gasteiger partial charge in [-0.15, -0.1) is 11.3 Å². The Balaban J connectivity index is 1.37. The maximum atomic E-state index is 6.22. The maximum Gasteiger partial charge on any atom is 0.175 e. The fourth-order valence-corrected chi connectivity index (χ4v) is 5.66. The third-order valence-electron chi connectivity index (χ3n) is 5.50. The van der Waals surface area contributed by atoms with E-state index in [-0.39, 0.29) is 6.10 Å². The molecule has 1 aliphatic rings. The van der Waals surface area contributed by atoms with Crippen LogP contribution in [0, 0.1) is 6.92 Å². The van der Waals surface area contributed by atoms with Crippen molar-refractivity contribution in [2.75, 3.05) is 18.9 Å². The lowest BCUT2D eigenvalue weighted by Crippen LogP contribution is -2.24. The van der Waals surface area contributed by atoms with E-state index in [1.54, 1.807) is 23.1 Å². The van der Waals surface area contributed by atoms with Gasteiger partial charge in [-0.25, -0.2) is 15.0 Å². The van der Waals surface area contributed by atoms with E-state index in [4.69, 9.17) is 20.2 Å². The summed E-state index contributed by atoms with van der Waals surface area (Å²) in [7, 11) is 0. The van der Waals surface area contributed by atoms with E-state index in [0.29, 0.717) is 24.0 Å². The van der Waals surface area contributed by atoms with E-state index in [1.165, 1.54) is 16.1 Å². The Morgan fingerprint density at radius 3 is 2.91 bits per heavy atom. The van der Waals surface area contributed by atoms with Gasteiger partial charge < -0.3 is 25.1 Å². The number of imidazole rings is 1. The van der Waals surface area contributed by atoms with Crippen molar-refractivity contribution in [3.05, 3.63) is 46.4 Å². The minimum absolute atomic E-state index is 0.0742. The van der Waals surface area contributed by atoms with E-state index in [0.717, 1.165) is 46.7 Å². The van der Waals surface area contributed by atoms with Gasteiger partial charge >= 0.3 is 0 Å². The number of ether oxygens (including phenoxy) is 2. The molecule has 4 aromatic rings. The zero-order valence-corrected chi connectivity index (χ0v) is 21.1. The lowest BCUT2D eigenvalue weighted by Gasteiger charge is -2.26. The average Bonchev–Trinajstić information content (AvgIpc) is 3.40. The van der Waals surface area contributed by atoms with Crippen LogP contribution in [-0.2, 0) is 6.54 Å². The number of aromatic nitrogens is 4. The van der Waals surface area contributed by atoms with Gasteiger partial charge in [0, 0.05) is 27.2 Å². The molecule has 8 nitrogen and oxygen atoms in total. The average molecular weight is 497 g/mol. The number of benzene rings is 1. The maximum absolute atomic E-state index is 6.22. The molecule has 1 unspecified atom stereocenters. The first-order chi connectivity index (χ1) is 16.5. The topological polar surface area (TPSA) is 100 Å². The van der Waals surface area contributed by atoms with Crippen LogP contribution in [0.4, 0.5) is 5.82 Å². The zero-order valence-electron chi connectivity index (χ0n) is 19.4. The van der Waals surface area contributed by atoms with Gasteiger partial charge in [0.15, 0.2) is 39.7 Å². The number of aryl methyl sites for hydroxylation is 2. The van der Waals surface area contributed by atoms with Gasteiger partial charge in [-0.05, 0) is 50.2 Å². The molecule has 10 heteroatoms. The van der Waals surface area contributed by atoms with Gasteiger partial charge in [-0.2, -0.15) is 0 Å². The molecule has 4 heterocycles. The number of thiophene rings is 1. The van der Waals surface area contributed by atoms with Crippen LogP contribution in [0.5, 0.6) is 11.5 Å². The highest BCUT2D eigenvalue weighted by Gasteiger charge is 2.24. The van der Waals surface area contributed by atoms with Crippen molar-refractivity contribution in [3.63, 3.8) is 0 Å². The van der Waals surface area contributed by atoms with Gasteiger partial charge in [0.1, 0.15) is 12.9 Å². The van der Waals surface area contributed by atoms with Gasteiger partial charge in [0.05, 0.1) is 0 Å². The quantitative estimate of drug-likeness (QED) is 0.335. The summed E-state index contributed by atoms with van der Waals surface area (Å²) in [4.78, 5) is 16.8. The lowest BCUT2D eigenvalue weighted by atomic mass is 10.2.